The van der Waals surface area contributed by atoms with E-state index in [1.54, 1.807) is 0 Å². The molecule has 0 unspecified atom stereocenters. The van der Waals surface area contributed by atoms with Crippen LogP contribution in [0.2, 0.25) is 0 Å². The smallest absolute Gasteiger partial charge is 0.224 e. The molecule has 1 N–H and O–H groups in total. The summed E-state index contributed by atoms with van der Waals surface area (Å²) < 4.78 is 1.20. The standard InChI is InChI=1S/C13H18INO/c14-9-5-2-6-10-15-13(16)11-12-7-3-1-4-8-12/h1,3-4,7-8H,2,5-6,9-11H2,(H,15,16). The van der Waals surface area contributed by atoms with Gasteiger partial charge in [0.25, 0.3) is 0 Å². The highest BCUT2D eigenvalue weighted by molar-refractivity contribution is 14.1. The predicted octanol–water partition coefficient (Wildman–Crippen LogP) is 2.95. The van der Waals surface area contributed by atoms with Crippen molar-refractivity contribution in [3.8, 4) is 0 Å². The molecular formula is C13H18INO. The molecule has 0 aliphatic rings. The van der Waals surface area contributed by atoms with Crippen molar-refractivity contribution in [1.82, 2.24) is 5.32 Å². The molecule has 1 rings (SSSR count). The Hall–Kier alpha value is -0.580. The van der Waals surface area contributed by atoms with Crippen LogP contribution in [0.5, 0.6) is 0 Å². The van der Waals surface area contributed by atoms with Gasteiger partial charge in [-0.3, -0.25) is 4.79 Å². The van der Waals surface area contributed by atoms with Crippen LogP contribution in [-0.4, -0.2) is 16.9 Å². The normalized spacial score (nSPS) is 10.1. The second kappa shape index (κ2) is 8.56. The summed E-state index contributed by atoms with van der Waals surface area (Å²) in [4.78, 5) is 11.5. The quantitative estimate of drug-likeness (QED) is 0.465. The zero-order valence-electron chi connectivity index (χ0n) is 9.42. The van der Waals surface area contributed by atoms with Gasteiger partial charge in [-0.2, -0.15) is 0 Å². The van der Waals surface area contributed by atoms with E-state index in [1.165, 1.54) is 17.3 Å². The molecule has 0 bridgehead atoms. The summed E-state index contributed by atoms with van der Waals surface area (Å²) in [5.41, 5.74) is 1.08. The fraction of sp³-hybridized carbons (Fsp3) is 0.462. The van der Waals surface area contributed by atoms with E-state index in [1.807, 2.05) is 30.3 Å². The van der Waals surface area contributed by atoms with Crippen molar-refractivity contribution >= 4 is 28.5 Å². The van der Waals surface area contributed by atoms with Crippen molar-refractivity contribution in [2.24, 2.45) is 0 Å². The first-order chi connectivity index (χ1) is 7.83. The van der Waals surface area contributed by atoms with Crippen LogP contribution in [0, 0.1) is 0 Å². The van der Waals surface area contributed by atoms with Gasteiger partial charge in [0, 0.05) is 6.54 Å². The molecule has 0 aliphatic carbocycles. The minimum atomic E-state index is 0.126. The Balaban J connectivity index is 2.12. The molecule has 0 saturated heterocycles. The Morgan fingerprint density at radius 1 is 1.12 bits per heavy atom. The number of carbonyl (C=O) groups excluding carboxylic acids is 1. The summed E-state index contributed by atoms with van der Waals surface area (Å²) >= 11 is 2.38. The van der Waals surface area contributed by atoms with Gasteiger partial charge in [-0.15, -0.1) is 0 Å². The molecule has 0 radical (unpaired) electrons. The lowest BCUT2D eigenvalue weighted by atomic mass is 10.1. The first-order valence-corrected chi connectivity index (χ1v) is 7.22. The summed E-state index contributed by atoms with van der Waals surface area (Å²) in [6.45, 7) is 0.808. The molecule has 1 aromatic carbocycles. The molecule has 16 heavy (non-hydrogen) atoms. The summed E-state index contributed by atoms with van der Waals surface area (Å²) in [6, 6.07) is 9.85. The van der Waals surface area contributed by atoms with Gasteiger partial charge in [-0.25, -0.2) is 0 Å². The zero-order chi connectivity index (χ0) is 11.6. The molecule has 0 aliphatic heterocycles. The van der Waals surface area contributed by atoms with Gasteiger partial charge in [0.05, 0.1) is 6.42 Å². The van der Waals surface area contributed by atoms with E-state index in [9.17, 15) is 4.79 Å². The van der Waals surface area contributed by atoms with E-state index in [4.69, 9.17) is 0 Å². The average Bonchev–Trinajstić information content (AvgIpc) is 2.30. The molecule has 1 aromatic rings. The maximum Gasteiger partial charge on any atom is 0.224 e. The first-order valence-electron chi connectivity index (χ1n) is 5.69. The largest absolute Gasteiger partial charge is 0.356 e. The van der Waals surface area contributed by atoms with Gasteiger partial charge in [0.1, 0.15) is 0 Å². The first kappa shape index (κ1) is 13.5. The third-order valence-electron chi connectivity index (χ3n) is 2.34. The highest BCUT2D eigenvalue weighted by atomic mass is 127. The van der Waals surface area contributed by atoms with Gasteiger partial charge >= 0.3 is 0 Å². The van der Waals surface area contributed by atoms with Crippen LogP contribution < -0.4 is 5.32 Å². The maximum absolute atomic E-state index is 11.5. The number of rotatable bonds is 7. The summed E-state index contributed by atoms with van der Waals surface area (Å²) in [6.07, 6.45) is 4.03. The Morgan fingerprint density at radius 3 is 2.56 bits per heavy atom. The SMILES string of the molecule is O=C(Cc1ccccc1)NCCCCCI. The lowest BCUT2D eigenvalue weighted by Gasteiger charge is -2.04. The molecule has 0 fully saturated rings. The molecule has 0 heterocycles. The van der Waals surface area contributed by atoms with Crippen LogP contribution in [0.1, 0.15) is 24.8 Å². The second-order valence-electron chi connectivity index (χ2n) is 3.76. The second-order valence-corrected chi connectivity index (χ2v) is 4.84. The number of hydrogen-bond acceptors (Lipinski definition) is 1. The van der Waals surface area contributed by atoms with E-state index >= 15 is 0 Å². The van der Waals surface area contributed by atoms with Gasteiger partial charge in [-0.1, -0.05) is 59.3 Å². The van der Waals surface area contributed by atoms with Crippen LogP contribution in [-0.2, 0) is 11.2 Å². The van der Waals surface area contributed by atoms with Crippen LogP contribution in [0.25, 0.3) is 0 Å². The molecule has 0 atom stereocenters. The van der Waals surface area contributed by atoms with Gasteiger partial charge < -0.3 is 5.32 Å². The third-order valence-corrected chi connectivity index (χ3v) is 3.10. The molecule has 0 saturated carbocycles. The summed E-state index contributed by atoms with van der Waals surface area (Å²) in [5, 5.41) is 2.95. The Kier molecular flexibility index (Phi) is 7.21. The van der Waals surface area contributed by atoms with E-state index in [2.05, 4.69) is 27.9 Å². The van der Waals surface area contributed by atoms with Crippen molar-refractivity contribution in [3.63, 3.8) is 0 Å². The zero-order valence-corrected chi connectivity index (χ0v) is 11.6. The lowest BCUT2D eigenvalue weighted by Crippen LogP contribution is -2.26. The molecule has 0 aromatic heterocycles. The highest BCUT2D eigenvalue weighted by Gasteiger charge is 2.01. The average molecular weight is 331 g/mol. The number of amides is 1. The molecule has 1 amide bonds. The van der Waals surface area contributed by atoms with Gasteiger partial charge in [-0.05, 0) is 22.8 Å². The number of alkyl halides is 1. The Labute approximate surface area is 111 Å². The van der Waals surface area contributed by atoms with E-state index in [-0.39, 0.29) is 5.91 Å². The van der Waals surface area contributed by atoms with Crippen molar-refractivity contribution in [2.45, 2.75) is 25.7 Å². The third kappa shape index (κ3) is 6.10. The Bertz CT molecular complexity index is 300. The van der Waals surface area contributed by atoms with Crippen molar-refractivity contribution < 1.29 is 4.79 Å². The van der Waals surface area contributed by atoms with E-state index < -0.39 is 0 Å². The number of carbonyl (C=O) groups is 1. The van der Waals surface area contributed by atoms with Gasteiger partial charge in [0.15, 0.2) is 0 Å². The molecule has 88 valence electrons. The van der Waals surface area contributed by atoms with Gasteiger partial charge in [0.2, 0.25) is 5.91 Å². The monoisotopic (exact) mass is 331 g/mol. The number of unbranched alkanes of at least 4 members (excludes halogenated alkanes) is 2. The topological polar surface area (TPSA) is 29.1 Å². The highest BCUT2D eigenvalue weighted by Crippen LogP contribution is 2.00. The van der Waals surface area contributed by atoms with E-state index in [0.29, 0.717) is 6.42 Å². The van der Waals surface area contributed by atoms with Crippen LogP contribution in [0.4, 0.5) is 0 Å². The molecule has 0 spiro atoms. The van der Waals surface area contributed by atoms with Crippen molar-refractivity contribution in [1.29, 1.82) is 0 Å². The fourth-order valence-electron chi connectivity index (χ4n) is 1.47. The fourth-order valence-corrected chi connectivity index (χ4v) is 2.01. The number of nitrogens with one attached hydrogen (secondary N) is 1. The molecule has 2 nitrogen and oxygen atoms in total. The predicted molar refractivity (Wildman–Crippen MR) is 75.9 cm³/mol. The van der Waals surface area contributed by atoms with Crippen molar-refractivity contribution in [3.05, 3.63) is 35.9 Å². The molecular weight excluding hydrogens is 313 g/mol. The van der Waals surface area contributed by atoms with E-state index in [0.717, 1.165) is 18.5 Å². The maximum atomic E-state index is 11.5. The minimum Gasteiger partial charge on any atom is -0.356 e. The lowest BCUT2D eigenvalue weighted by molar-refractivity contribution is -0.120. The minimum absolute atomic E-state index is 0.126. The van der Waals surface area contributed by atoms with Crippen LogP contribution in [0.15, 0.2) is 30.3 Å². The number of hydrogen-bond donors (Lipinski definition) is 1. The van der Waals surface area contributed by atoms with Crippen LogP contribution in [0.3, 0.4) is 0 Å². The summed E-state index contributed by atoms with van der Waals surface area (Å²) in [5.74, 6) is 0.126. The Morgan fingerprint density at radius 2 is 1.88 bits per heavy atom. The summed E-state index contributed by atoms with van der Waals surface area (Å²) in [7, 11) is 0. The number of benzene rings is 1. The number of halogens is 1. The molecule has 3 heteroatoms. The van der Waals surface area contributed by atoms with Crippen LogP contribution >= 0.6 is 22.6 Å². The van der Waals surface area contributed by atoms with Crippen molar-refractivity contribution in [2.75, 3.05) is 11.0 Å².